The van der Waals surface area contributed by atoms with E-state index in [1.165, 1.54) is 12.1 Å². The Balaban J connectivity index is 2.27. The summed E-state index contributed by atoms with van der Waals surface area (Å²) in [6, 6.07) is 4.91. The topological polar surface area (TPSA) is 29.9 Å². The number of aryl methyl sites for hydroxylation is 1. The molecule has 0 saturated carbocycles. The Kier molecular flexibility index (Phi) is 4.71. The second-order valence-electron chi connectivity index (χ2n) is 4.43. The van der Waals surface area contributed by atoms with Crippen molar-refractivity contribution in [1.29, 1.82) is 0 Å². The highest BCUT2D eigenvalue weighted by Gasteiger charge is 2.16. The van der Waals surface area contributed by atoms with Crippen LogP contribution in [0.2, 0.25) is 0 Å². The second kappa shape index (κ2) is 6.30. The summed E-state index contributed by atoms with van der Waals surface area (Å²) in [5, 5.41) is 3.42. The van der Waals surface area contributed by atoms with Crippen molar-refractivity contribution in [2.75, 3.05) is 6.54 Å². The number of nitrogens with zero attached hydrogens (tertiary/aromatic N) is 2. The maximum absolute atomic E-state index is 13.2. The Morgan fingerprint density at radius 2 is 2.26 bits per heavy atom. The van der Waals surface area contributed by atoms with Crippen molar-refractivity contribution in [3.05, 3.63) is 52.3 Å². The van der Waals surface area contributed by atoms with Crippen molar-refractivity contribution < 1.29 is 4.39 Å². The van der Waals surface area contributed by atoms with Crippen LogP contribution >= 0.6 is 15.9 Å². The first-order chi connectivity index (χ1) is 9.11. The van der Waals surface area contributed by atoms with Crippen LogP contribution in [0.25, 0.3) is 0 Å². The van der Waals surface area contributed by atoms with E-state index in [9.17, 15) is 4.39 Å². The molecular formula is C14H17BrFN3. The molecule has 2 rings (SSSR count). The van der Waals surface area contributed by atoms with Gasteiger partial charge in [-0.2, -0.15) is 0 Å². The Bertz CT molecular complexity index is 553. The van der Waals surface area contributed by atoms with Crippen molar-refractivity contribution in [3.8, 4) is 0 Å². The van der Waals surface area contributed by atoms with E-state index in [1.54, 1.807) is 6.20 Å². The van der Waals surface area contributed by atoms with Gasteiger partial charge in [-0.15, -0.1) is 0 Å². The SMILES string of the molecule is CCNC(Cc1nccn1C)c1ccc(F)cc1Br. The highest BCUT2D eigenvalue weighted by molar-refractivity contribution is 9.10. The van der Waals surface area contributed by atoms with E-state index < -0.39 is 0 Å². The third-order valence-electron chi connectivity index (χ3n) is 3.10. The van der Waals surface area contributed by atoms with Gasteiger partial charge in [0.2, 0.25) is 0 Å². The summed E-state index contributed by atoms with van der Waals surface area (Å²) < 4.78 is 16.0. The summed E-state index contributed by atoms with van der Waals surface area (Å²) in [6.07, 6.45) is 4.48. The number of halogens is 2. The molecule has 0 bridgehead atoms. The minimum absolute atomic E-state index is 0.112. The first kappa shape index (κ1) is 14.2. The van der Waals surface area contributed by atoms with Crippen molar-refractivity contribution in [1.82, 2.24) is 14.9 Å². The summed E-state index contributed by atoms with van der Waals surface area (Å²) in [4.78, 5) is 4.34. The molecule has 0 amide bonds. The third-order valence-corrected chi connectivity index (χ3v) is 3.78. The van der Waals surface area contributed by atoms with Gasteiger partial charge in [-0.05, 0) is 24.2 Å². The fourth-order valence-electron chi connectivity index (χ4n) is 2.10. The van der Waals surface area contributed by atoms with E-state index >= 15 is 0 Å². The number of aromatic nitrogens is 2. The fourth-order valence-corrected chi connectivity index (χ4v) is 2.73. The smallest absolute Gasteiger partial charge is 0.124 e. The minimum Gasteiger partial charge on any atom is -0.338 e. The zero-order chi connectivity index (χ0) is 13.8. The highest BCUT2D eigenvalue weighted by Crippen LogP contribution is 2.26. The standard InChI is InChI=1S/C14H17BrFN3/c1-3-17-13(9-14-18-6-7-19(14)2)11-5-4-10(16)8-12(11)15/h4-8,13,17H,3,9H2,1-2H3. The van der Waals surface area contributed by atoms with Gasteiger partial charge < -0.3 is 9.88 Å². The van der Waals surface area contributed by atoms with Crippen LogP contribution in [0.15, 0.2) is 35.1 Å². The number of benzene rings is 1. The molecule has 0 saturated heterocycles. The lowest BCUT2D eigenvalue weighted by Gasteiger charge is -2.19. The Morgan fingerprint density at radius 3 is 2.84 bits per heavy atom. The highest BCUT2D eigenvalue weighted by atomic mass is 79.9. The van der Waals surface area contributed by atoms with Gasteiger partial charge in [0.1, 0.15) is 11.6 Å². The van der Waals surface area contributed by atoms with Crippen LogP contribution < -0.4 is 5.32 Å². The normalized spacial score (nSPS) is 12.6. The molecule has 19 heavy (non-hydrogen) atoms. The van der Waals surface area contributed by atoms with Crippen LogP contribution in [0.5, 0.6) is 0 Å². The van der Waals surface area contributed by atoms with Crippen molar-refractivity contribution in [2.45, 2.75) is 19.4 Å². The van der Waals surface area contributed by atoms with Gasteiger partial charge in [0.25, 0.3) is 0 Å². The molecule has 1 aromatic carbocycles. The maximum atomic E-state index is 13.2. The van der Waals surface area contributed by atoms with Crippen LogP contribution in [0.3, 0.4) is 0 Å². The molecule has 0 aliphatic carbocycles. The van der Waals surface area contributed by atoms with Crippen molar-refractivity contribution >= 4 is 15.9 Å². The van der Waals surface area contributed by atoms with E-state index in [4.69, 9.17) is 0 Å². The molecule has 0 aliphatic rings. The van der Waals surface area contributed by atoms with Gasteiger partial charge in [-0.1, -0.05) is 28.9 Å². The average molecular weight is 326 g/mol. The van der Waals surface area contributed by atoms with Gasteiger partial charge in [0.05, 0.1) is 0 Å². The molecule has 0 aliphatic heterocycles. The summed E-state index contributed by atoms with van der Waals surface area (Å²) in [5.41, 5.74) is 1.05. The lowest BCUT2D eigenvalue weighted by molar-refractivity contribution is 0.525. The molecule has 2 aromatic rings. The van der Waals surface area contributed by atoms with Crippen molar-refractivity contribution in [2.24, 2.45) is 7.05 Å². The number of nitrogens with one attached hydrogen (secondary N) is 1. The van der Waals surface area contributed by atoms with Crippen LogP contribution in [-0.4, -0.2) is 16.1 Å². The van der Waals surface area contributed by atoms with E-state index in [0.29, 0.717) is 0 Å². The largest absolute Gasteiger partial charge is 0.338 e. The number of imidazole rings is 1. The van der Waals surface area contributed by atoms with Crippen LogP contribution in [0, 0.1) is 5.82 Å². The molecule has 1 atom stereocenters. The molecule has 1 unspecified atom stereocenters. The van der Waals surface area contributed by atoms with Crippen molar-refractivity contribution in [3.63, 3.8) is 0 Å². The molecule has 102 valence electrons. The first-order valence-electron chi connectivity index (χ1n) is 6.26. The zero-order valence-corrected chi connectivity index (χ0v) is 12.6. The van der Waals surface area contributed by atoms with Gasteiger partial charge >= 0.3 is 0 Å². The summed E-state index contributed by atoms with van der Waals surface area (Å²) >= 11 is 3.43. The van der Waals surface area contributed by atoms with E-state index in [1.807, 2.05) is 23.9 Å². The molecule has 0 fully saturated rings. The number of hydrogen-bond donors (Lipinski definition) is 1. The Morgan fingerprint density at radius 1 is 1.47 bits per heavy atom. The molecule has 1 heterocycles. The second-order valence-corrected chi connectivity index (χ2v) is 5.29. The van der Waals surface area contributed by atoms with Crippen LogP contribution in [0.1, 0.15) is 24.4 Å². The minimum atomic E-state index is -0.233. The lowest BCUT2D eigenvalue weighted by atomic mass is 10.0. The maximum Gasteiger partial charge on any atom is 0.124 e. The van der Waals surface area contributed by atoms with E-state index in [-0.39, 0.29) is 11.9 Å². The van der Waals surface area contributed by atoms with Gasteiger partial charge in [0, 0.05) is 36.4 Å². The Labute approximate surface area is 121 Å². The summed E-state index contributed by atoms with van der Waals surface area (Å²) in [6.45, 7) is 2.90. The quantitative estimate of drug-likeness (QED) is 0.914. The number of likely N-dealkylation sites (N-methyl/N-ethyl adjacent to an activating group) is 1. The van der Waals surface area contributed by atoms with Gasteiger partial charge in [0.15, 0.2) is 0 Å². The molecule has 0 spiro atoms. The molecule has 0 radical (unpaired) electrons. The molecule has 1 N–H and O–H groups in total. The van der Waals surface area contributed by atoms with Crippen LogP contribution in [-0.2, 0) is 13.5 Å². The molecule has 5 heteroatoms. The number of rotatable bonds is 5. The molecule has 1 aromatic heterocycles. The summed E-state index contributed by atoms with van der Waals surface area (Å²) in [5.74, 6) is 0.769. The molecular weight excluding hydrogens is 309 g/mol. The Hall–Kier alpha value is -1.20. The predicted octanol–water partition coefficient (Wildman–Crippen LogP) is 3.22. The monoisotopic (exact) mass is 325 g/mol. The zero-order valence-electron chi connectivity index (χ0n) is 11.0. The first-order valence-corrected chi connectivity index (χ1v) is 7.05. The van der Waals surface area contributed by atoms with Crippen LogP contribution in [0.4, 0.5) is 4.39 Å². The number of hydrogen-bond acceptors (Lipinski definition) is 2. The lowest BCUT2D eigenvalue weighted by Crippen LogP contribution is -2.24. The van der Waals surface area contributed by atoms with E-state index in [2.05, 4.69) is 33.2 Å². The van der Waals surface area contributed by atoms with Gasteiger partial charge in [-0.25, -0.2) is 9.37 Å². The molecule has 3 nitrogen and oxygen atoms in total. The average Bonchev–Trinajstić information content (AvgIpc) is 2.75. The fraction of sp³-hybridized carbons (Fsp3) is 0.357. The van der Waals surface area contributed by atoms with E-state index in [0.717, 1.165) is 28.8 Å². The summed E-state index contributed by atoms with van der Waals surface area (Å²) in [7, 11) is 1.98. The predicted molar refractivity (Wildman–Crippen MR) is 77.4 cm³/mol. The third kappa shape index (κ3) is 3.42. The van der Waals surface area contributed by atoms with Gasteiger partial charge in [-0.3, -0.25) is 0 Å².